The number of fused-ring (bicyclic) bond motifs is 1. The fourth-order valence-electron chi connectivity index (χ4n) is 1.95. The van der Waals surface area contributed by atoms with Crippen molar-refractivity contribution in [2.24, 2.45) is 0 Å². The van der Waals surface area contributed by atoms with Crippen molar-refractivity contribution in [2.75, 3.05) is 5.43 Å². The van der Waals surface area contributed by atoms with Crippen LogP contribution in [0.1, 0.15) is 22.2 Å². The highest BCUT2D eigenvalue weighted by Crippen LogP contribution is 2.20. The maximum absolute atomic E-state index is 12.3. The third-order valence-corrected chi connectivity index (χ3v) is 4.31. The van der Waals surface area contributed by atoms with E-state index in [1.165, 1.54) is 36.0 Å². The summed E-state index contributed by atoms with van der Waals surface area (Å²) in [5.41, 5.74) is 2.05. The number of aryl methyl sites for hydroxylation is 1. The standard InChI is InChI=1S/C14H12N4O3S/c1-2-9-5-10-13(22-9)16-7-18(14(10)21)17-12(20)8-3-4-11(19)15-6-8/h3-7H,2H2,1H3,(H,15,19)(H,17,20). The highest BCUT2D eigenvalue weighted by Gasteiger charge is 2.11. The number of H-pyrrole nitrogens is 1. The van der Waals surface area contributed by atoms with Crippen LogP contribution in [0.3, 0.4) is 0 Å². The number of pyridine rings is 1. The third-order valence-electron chi connectivity index (χ3n) is 3.12. The SMILES string of the molecule is CCc1cc2c(=O)n(NC(=O)c3ccc(=O)[nH]c3)cnc2s1. The van der Waals surface area contributed by atoms with Gasteiger partial charge in [-0.05, 0) is 18.6 Å². The van der Waals surface area contributed by atoms with E-state index in [2.05, 4.69) is 15.4 Å². The Labute approximate surface area is 128 Å². The van der Waals surface area contributed by atoms with Crippen LogP contribution in [0.25, 0.3) is 10.2 Å². The second kappa shape index (κ2) is 5.57. The molecule has 3 heterocycles. The number of aromatic nitrogens is 3. The molecule has 0 aliphatic heterocycles. The molecule has 3 rings (SSSR count). The Balaban J connectivity index is 1.95. The van der Waals surface area contributed by atoms with Crippen molar-refractivity contribution < 1.29 is 4.79 Å². The van der Waals surface area contributed by atoms with Crippen LogP contribution in [0.4, 0.5) is 0 Å². The number of amides is 1. The highest BCUT2D eigenvalue weighted by molar-refractivity contribution is 7.18. The van der Waals surface area contributed by atoms with Gasteiger partial charge >= 0.3 is 0 Å². The smallest absolute Gasteiger partial charge is 0.280 e. The van der Waals surface area contributed by atoms with E-state index in [0.717, 1.165) is 16.0 Å². The van der Waals surface area contributed by atoms with Crippen molar-refractivity contribution in [1.29, 1.82) is 0 Å². The summed E-state index contributed by atoms with van der Waals surface area (Å²) in [6.07, 6.45) is 3.39. The Kier molecular flexibility index (Phi) is 3.60. The summed E-state index contributed by atoms with van der Waals surface area (Å²) in [6, 6.07) is 4.41. The quantitative estimate of drug-likeness (QED) is 0.756. The lowest BCUT2D eigenvalue weighted by Gasteiger charge is -2.06. The molecule has 7 nitrogen and oxygen atoms in total. The second-order valence-electron chi connectivity index (χ2n) is 4.59. The molecule has 0 saturated heterocycles. The van der Waals surface area contributed by atoms with E-state index in [4.69, 9.17) is 0 Å². The first kappa shape index (κ1) is 14.2. The van der Waals surface area contributed by atoms with Crippen LogP contribution in [0.5, 0.6) is 0 Å². The lowest BCUT2D eigenvalue weighted by atomic mass is 10.3. The molecule has 3 aromatic rings. The normalized spacial score (nSPS) is 10.8. The number of rotatable bonds is 3. The van der Waals surface area contributed by atoms with E-state index in [1.807, 2.05) is 6.92 Å². The fourth-order valence-corrected chi connectivity index (χ4v) is 2.88. The van der Waals surface area contributed by atoms with Gasteiger partial charge in [-0.15, -0.1) is 11.3 Å². The molecule has 2 N–H and O–H groups in total. The Morgan fingerprint density at radius 3 is 2.91 bits per heavy atom. The molecule has 0 aromatic carbocycles. The molecule has 8 heteroatoms. The van der Waals surface area contributed by atoms with Crippen molar-refractivity contribution in [1.82, 2.24) is 14.6 Å². The van der Waals surface area contributed by atoms with Gasteiger partial charge in [0.1, 0.15) is 11.2 Å². The van der Waals surface area contributed by atoms with Gasteiger partial charge in [0.05, 0.1) is 10.9 Å². The first-order valence-corrected chi connectivity index (χ1v) is 7.40. The van der Waals surface area contributed by atoms with Crippen molar-refractivity contribution in [3.05, 3.63) is 61.9 Å². The predicted molar refractivity (Wildman–Crippen MR) is 84.0 cm³/mol. The molecule has 3 aromatic heterocycles. The van der Waals surface area contributed by atoms with Gasteiger partial charge in [-0.1, -0.05) is 6.92 Å². The number of carbonyl (C=O) groups excluding carboxylic acids is 1. The molecule has 0 fully saturated rings. The van der Waals surface area contributed by atoms with E-state index < -0.39 is 5.91 Å². The lowest BCUT2D eigenvalue weighted by Crippen LogP contribution is -2.33. The van der Waals surface area contributed by atoms with E-state index in [1.54, 1.807) is 6.07 Å². The molecule has 0 saturated carbocycles. The number of nitrogens with one attached hydrogen (secondary N) is 2. The Morgan fingerprint density at radius 1 is 1.41 bits per heavy atom. The molecule has 0 aliphatic carbocycles. The van der Waals surface area contributed by atoms with Crippen molar-refractivity contribution in [3.8, 4) is 0 Å². The monoisotopic (exact) mass is 316 g/mol. The first-order chi connectivity index (χ1) is 10.6. The lowest BCUT2D eigenvalue weighted by molar-refractivity contribution is 0.101. The first-order valence-electron chi connectivity index (χ1n) is 6.58. The van der Waals surface area contributed by atoms with Gasteiger partial charge in [0.2, 0.25) is 5.56 Å². The van der Waals surface area contributed by atoms with E-state index in [-0.39, 0.29) is 16.7 Å². The minimum absolute atomic E-state index is 0.242. The van der Waals surface area contributed by atoms with Gasteiger partial charge in [-0.25, -0.2) is 9.66 Å². The molecule has 1 amide bonds. The molecular weight excluding hydrogens is 304 g/mol. The molecule has 0 aliphatic rings. The fraction of sp³-hybridized carbons (Fsp3) is 0.143. The van der Waals surface area contributed by atoms with Gasteiger partial charge in [0, 0.05) is 17.1 Å². The van der Waals surface area contributed by atoms with E-state index in [9.17, 15) is 14.4 Å². The van der Waals surface area contributed by atoms with Crippen molar-refractivity contribution >= 4 is 27.5 Å². The topological polar surface area (TPSA) is 96.9 Å². The molecule has 0 atom stereocenters. The Bertz CT molecular complexity index is 950. The summed E-state index contributed by atoms with van der Waals surface area (Å²) in [5.74, 6) is -0.509. The number of nitrogens with zero attached hydrogens (tertiary/aromatic N) is 2. The number of aromatic amines is 1. The van der Waals surface area contributed by atoms with Crippen LogP contribution in [-0.2, 0) is 6.42 Å². The maximum atomic E-state index is 12.3. The van der Waals surface area contributed by atoms with Crippen LogP contribution < -0.4 is 16.5 Å². The van der Waals surface area contributed by atoms with Gasteiger partial charge in [0.15, 0.2) is 0 Å². The number of carbonyl (C=O) groups is 1. The minimum Gasteiger partial charge on any atom is -0.328 e. The van der Waals surface area contributed by atoms with Crippen molar-refractivity contribution in [2.45, 2.75) is 13.3 Å². The molecule has 0 bridgehead atoms. The number of hydrogen-bond acceptors (Lipinski definition) is 5. The molecule has 112 valence electrons. The third kappa shape index (κ3) is 2.56. The van der Waals surface area contributed by atoms with Crippen LogP contribution in [-0.4, -0.2) is 20.6 Å². The van der Waals surface area contributed by atoms with Gasteiger partial charge in [0.25, 0.3) is 11.5 Å². The minimum atomic E-state index is -0.509. The van der Waals surface area contributed by atoms with Gasteiger partial charge < -0.3 is 4.98 Å². The number of thiophene rings is 1. The van der Waals surface area contributed by atoms with Crippen LogP contribution in [0.2, 0.25) is 0 Å². The summed E-state index contributed by atoms with van der Waals surface area (Å²) >= 11 is 1.46. The molecule has 0 radical (unpaired) electrons. The average Bonchev–Trinajstić information content (AvgIpc) is 2.95. The molecule has 22 heavy (non-hydrogen) atoms. The van der Waals surface area contributed by atoms with Crippen LogP contribution in [0.15, 0.2) is 40.3 Å². The summed E-state index contributed by atoms with van der Waals surface area (Å²) in [6.45, 7) is 2.00. The van der Waals surface area contributed by atoms with E-state index in [0.29, 0.717) is 10.2 Å². The Morgan fingerprint density at radius 2 is 2.23 bits per heavy atom. The largest absolute Gasteiger partial charge is 0.328 e. The van der Waals surface area contributed by atoms with Gasteiger partial charge in [-0.2, -0.15) is 0 Å². The maximum Gasteiger partial charge on any atom is 0.280 e. The average molecular weight is 316 g/mol. The zero-order valence-corrected chi connectivity index (χ0v) is 12.4. The van der Waals surface area contributed by atoms with Crippen LogP contribution >= 0.6 is 11.3 Å². The summed E-state index contributed by atoms with van der Waals surface area (Å²) in [5, 5.41) is 0.478. The summed E-state index contributed by atoms with van der Waals surface area (Å²) in [4.78, 5) is 43.7. The highest BCUT2D eigenvalue weighted by atomic mass is 32.1. The zero-order chi connectivity index (χ0) is 15.7. The summed E-state index contributed by atoms with van der Waals surface area (Å²) < 4.78 is 1.04. The van der Waals surface area contributed by atoms with E-state index >= 15 is 0 Å². The second-order valence-corrected chi connectivity index (χ2v) is 5.70. The summed E-state index contributed by atoms with van der Waals surface area (Å²) in [7, 11) is 0. The van der Waals surface area contributed by atoms with Crippen molar-refractivity contribution in [3.63, 3.8) is 0 Å². The predicted octanol–water partition coefficient (Wildman–Crippen LogP) is 1.09. The van der Waals surface area contributed by atoms with Crippen LogP contribution in [0, 0.1) is 0 Å². The van der Waals surface area contributed by atoms with Gasteiger partial charge in [-0.3, -0.25) is 19.8 Å². The molecular formula is C14H12N4O3S. The number of hydrogen-bond donors (Lipinski definition) is 2. The zero-order valence-electron chi connectivity index (χ0n) is 11.6. The Hall–Kier alpha value is -2.74. The molecule has 0 spiro atoms. The molecule has 0 unspecified atom stereocenters.